The predicted molar refractivity (Wildman–Crippen MR) is 43.7 cm³/mol. The van der Waals surface area contributed by atoms with Crippen LogP contribution in [0, 0.1) is 0 Å². The maximum Gasteiger partial charge on any atom is 0.321 e. The standard InChI is InChI=1S/C6H11NO3S/c1-2-3-11(10)4-5(7)6(8)9/h2,5H,1,3-4,7H2,(H,8,9)/t5-,11?/m0/s1/i/hD. The zero-order chi connectivity index (χ0) is 9.56. The molecule has 0 fully saturated rings. The summed E-state index contributed by atoms with van der Waals surface area (Å²) in [6.45, 7) is 3.39. The number of carboxylic acids is 1. The van der Waals surface area contributed by atoms with Crippen LogP contribution in [0.5, 0.6) is 0 Å². The Balaban J connectivity index is 3.83. The Hall–Kier alpha value is -0.680. The van der Waals surface area contributed by atoms with Gasteiger partial charge < -0.3 is 10.8 Å². The molecule has 0 aromatic rings. The number of carboxylic acid groups (broad SMARTS) is 1. The van der Waals surface area contributed by atoms with Gasteiger partial charge in [-0.05, 0) is 0 Å². The minimum atomic E-state index is -1.20. The number of aliphatic carboxylic acids is 1. The zero-order valence-corrected chi connectivity index (χ0v) is 6.80. The molecule has 11 heavy (non-hydrogen) atoms. The molecule has 3 N–H and O–H groups in total. The highest BCUT2D eigenvalue weighted by Gasteiger charge is 2.13. The summed E-state index contributed by atoms with van der Waals surface area (Å²) in [4.78, 5) is 10.6. The second-order valence-electron chi connectivity index (χ2n) is 1.99. The monoisotopic (exact) mass is 178 g/mol. The lowest BCUT2D eigenvalue weighted by atomic mass is 10.4. The number of carbonyl (C=O) groups is 1. The van der Waals surface area contributed by atoms with E-state index in [0.717, 1.165) is 0 Å². The molecule has 0 aliphatic heterocycles. The van der Waals surface area contributed by atoms with Crippen LogP contribution in [0.15, 0.2) is 12.7 Å². The van der Waals surface area contributed by atoms with Crippen molar-refractivity contribution in [2.24, 2.45) is 5.73 Å². The van der Waals surface area contributed by atoms with Crippen molar-refractivity contribution < 1.29 is 14.1 Å². The first-order chi connectivity index (χ1) is 5.61. The molecule has 0 aromatic heterocycles. The molecule has 64 valence electrons. The summed E-state index contributed by atoms with van der Waals surface area (Å²) in [5, 5.41) is 3.62. The second-order valence-corrected chi connectivity index (χ2v) is 3.53. The Morgan fingerprint density at radius 2 is 2.64 bits per heavy atom. The van der Waals surface area contributed by atoms with E-state index in [4.69, 9.17) is 7.16 Å². The number of rotatable bonds is 5. The molecule has 0 radical (unpaired) electrons. The molecule has 5 heteroatoms. The number of hydrogen-bond donors (Lipinski definition) is 2. The van der Waals surface area contributed by atoms with Gasteiger partial charge in [0.15, 0.2) is 0 Å². The van der Waals surface area contributed by atoms with Crippen molar-refractivity contribution in [3.05, 3.63) is 12.7 Å². The van der Waals surface area contributed by atoms with Crippen molar-refractivity contribution in [3.63, 3.8) is 0 Å². The second kappa shape index (κ2) is 5.03. The molecule has 0 heterocycles. The third-order valence-electron chi connectivity index (χ3n) is 0.972. The van der Waals surface area contributed by atoms with Crippen molar-refractivity contribution in [3.8, 4) is 0 Å². The fourth-order valence-corrected chi connectivity index (χ4v) is 1.40. The molecule has 1 unspecified atom stereocenters. The van der Waals surface area contributed by atoms with E-state index in [-0.39, 0.29) is 5.75 Å². The highest BCUT2D eigenvalue weighted by molar-refractivity contribution is 7.85. The molecule has 0 aliphatic carbocycles. The molecule has 0 saturated heterocycles. The molecule has 0 rings (SSSR count). The number of hydrogen-bond acceptors (Lipinski definition) is 4. The van der Waals surface area contributed by atoms with Crippen LogP contribution in [-0.4, -0.2) is 32.8 Å². The topological polar surface area (TPSA) is 80.4 Å². The summed E-state index contributed by atoms with van der Waals surface area (Å²) < 4.78 is 17.2. The van der Waals surface area contributed by atoms with E-state index in [1.165, 1.54) is 6.08 Å². The zero-order valence-electron chi connectivity index (χ0n) is 6.99. The van der Waals surface area contributed by atoms with Gasteiger partial charge in [0.2, 0.25) is 0 Å². The average molecular weight is 178 g/mol. The Morgan fingerprint density at radius 3 is 3.09 bits per heavy atom. The van der Waals surface area contributed by atoms with Crippen LogP contribution in [0.4, 0.5) is 0 Å². The van der Waals surface area contributed by atoms with Crippen molar-refractivity contribution in [2.75, 3.05) is 11.5 Å². The van der Waals surface area contributed by atoms with E-state index >= 15 is 0 Å². The Kier molecular flexibility index (Phi) is 3.85. The van der Waals surface area contributed by atoms with Gasteiger partial charge in [0.1, 0.15) is 6.04 Å². The highest BCUT2D eigenvalue weighted by Crippen LogP contribution is 1.87. The minimum absolute atomic E-state index is 0.00370. The Labute approximate surface area is 69.0 Å². The fourth-order valence-electron chi connectivity index (χ4n) is 0.468. The van der Waals surface area contributed by atoms with E-state index in [1.54, 1.807) is 0 Å². The largest absolute Gasteiger partial charge is 0.480 e. The fraction of sp³-hybridized carbons (Fsp3) is 0.500. The lowest BCUT2D eigenvalue weighted by Gasteiger charge is -2.03. The summed E-state index contributed by atoms with van der Waals surface area (Å²) >= 11 is 0. The van der Waals surface area contributed by atoms with E-state index in [9.17, 15) is 9.00 Å². The van der Waals surface area contributed by atoms with E-state index in [0.29, 0.717) is 5.75 Å². The van der Waals surface area contributed by atoms with Gasteiger partial charge in [0.05, 0.1) is 0 Å². The van der Waals surface area contributed by atoms with Gasteiger partial charge in [-0.3, -0.25) is 9.00 Å². The minimum Gasteiger partial charge on any atom is -0.480 e. The van der Waals surface area contributed by atoms with Gasteiger partial charge >= 0.3 is 5.97 Å². The van der Waals surface area contributed by atoms with Crippen LogP contribution >= 0.6 is 0 Å². The molecular weight excluding hydrogens is 166 g/mol. The lowest BCUT2D eigenvalue weighted by molar-refractivity contribution is -0.137. The first-order valence-corrected chi connectivity index (χ1v) is 4.49. The normalized spacial score (nSPS) is 16.3. The van der Waals surface area contributed by atoms with Gasteiger partial charge in [-0.2, -0.15) is 0 Å². The van der Waals surface area contributed by atoms with Crippen molar-refractivity contribution in [1.82, 2.24) is 0 Å². The van der Waals surface area contributed by atoms with Crippen LogP contribution < -0.4 is 5.73 Å². The van der Waals surface area contributed by atoms with Gasteiger partial charge in [0.25, 0.3) is 1.43 Å². The van der Waals surface area contributed by atoms with Crippen LogP contribution in [-0.2, 0) is 15.6 Å². The molecule has 0 aliphatic rings. The lowest BCUT2D eigenvalue weighted by Crippen LogP contribution is -2.35. The van der Waals surface area contributed by atoms with Crippen molar-refractivity contribution in [2.45, 2.75) is 6.04 Å². The van der Waals surface area contributed by atoms with Crippen LogP contribution in [0.25, 0.3) is 1.43 Å². The molecule has 2 atom stereocenters. The van der Waals surface area contributed by atoms with Crippen LogP contribution in [0.2, 0.25) is 0 Å². The van der Waals surface area contributed by atoms with Gasteiger partial charge in [-0.15, -0.1) is 6.58 Å². The number of nitrogens with two attached hydrogens (primary N) is 1. The van der Waals surface area contributed by atoms with Gasteiger partial charge in [-0.25, -0.2) is 0 Å². The molecule has 0 amide bonds. The molecule has 0 aromatic carbocycles. The molecule has 4 nitrogen and oxygen atoms in total. The predicted octanol–water partition coefficient (Wildman–Crippen LogP) is -0.667. The molecular formula is C6H11NO3S. The van der Waals surface area contributed by atoms with E-state index in [1.807, 2.05) is 0 Å². The summed E-state index contributed by atoms with van der Waals surface area (Å²) in [5.74, 6) is -0.574. The summed E-state index contributed by atoms with van der Waals surface area (Å²) in [6, 6.07) is -0.983. The first kappa shape index (κ1) is 8.42. The SMILES string of the molecule is [2H]OC(=O)[C@@H](N)CS(=O)CC=C. The Bertz CT molecular complexity index is 197. The first-order valence-electron chi connectivity index (χ1n) is 3.41. The summed E-state index contributed by atoms with van der Waals surface area (Å²) in [5.41, 5.74) is 5.24. The highest BCUT2D eigenvalue weighted by atomic mass is 32.2. The van der Waals surface area contributed by atoms with Gasteiger partial charge in [-0.1, -0.05) is 6.08 Å². The Morgan fingerprint density at radius 1 is 2.00 bits per heavy atom. The smallest absolute Gasteiger partial charge is 0.321 e. The third kappa shape index (κ3) is 4.69. The van der Waals surface area contributed by atoms with Crippen molar-refractivity contribution in [1.29, 1.82) is 1.43 Å². The summed E-state index contributed by atoms with van der Waals surface area (Å²) in [6.07, 6.45) is 1.48. The molecule has 0 saturated carbocycles. The molecule has 0 bridgehead atoms. The molecule has 0 spiro atoms. The van der Waals surface area contributed by atoms with Crippen molar-refractivity contribution >= 4 is 16.8 Å². The van der Waals surface area contributed by atoms with Crippen LogP contribution in [0.1, 0.15) is 0 Å². The third-order valence-corrected chi connectivity index (χ3v) is 2.31. The maximum absolute atomic E-state index is 11.0. The maximum atomic E-state index is 11.0. The average Bonchev–Trinajstić information content (AvgIpc) is 2.03. The van der Waals surface area contributed by atoms with Crippen LogP contribution in [0.3, 0.4) is 0 Å². The summed E-state index contributed by atoms with van der Waals surface area (Å²) in [7, 11) is -1.20. The van der Waals surface area contributed by atoms with E-state index in [2.05, 4.69) is 11.7 Å². The van der Waals surface area contributed by atoms with Gasteiger partial charge in [0, 0.05) is 22.3 Å². The quantitative estimate of drug-likeness (QED) is 0.547. The van der Waals surface area contributed by atoms with E-state index < -0.39 is 22.8 Å².